The van der Waals surface area contributed by atoms with E-state index in [1.807, 2.05) is 6.92 Å². The zero-order valence-corrected chi connectivity index (χ0v) is 11.8. The monoisotopic (exact) mass is 240 g/mol. The van der Waals surface area contributed by atoms with Gasteiger partial charge in [0.05, 0.1) is 6.04 Å². The van der Waals surface area contributed by atoms with E-state index in [1.165, 1.54) is 19.3 Å². The molecule has 0 aliphatic heterocycles. The Morgan fingerprint density at radius 1 is 1.29 bits per heavy atom. The summed E-state index contributed by atoms with van der Waals surface area (Å²) in [6.45, 7) is 10.2. The molecule has 3 atom stereocenters. The average Bonchev–Trinajstić information content (AvgIpc) is 2.68. The lowest BCUT2D eigenvalue weighted by atomic mass is 10.1. The molecule has 3 nitrogen and oxygen atoms in total. The van der Waals surface area contributed by atoms with Crippen LogP contribution in [0.3, 0.4) is 0 Å². The third-order valence-corrected chi connectivity index (χ3v) is 3.59. The number of amides is 1. The summed E-state index contributed by atoms with van der Waals surface area (Å²) in [6, 6.07) is -0.0651. The van der Waals surface area contributed by atoms with Gasteiger partial charge in [0.25, 0.3) is 0 Å². The van der Waals surface area contributed by atoms with Crippen molar-refractivity contribution in [2.45, 2.75) is 53.0 Å². The van der Waals surface area contributed by atoms with Crippen LogP contribution in [0.1, 0.15) is 47.0 Å². The second-order valence-electron chi connectivity index (χ2n) is 6.05. The Morgan fingerprint density at radius 2 is 2.00 bits per heavy atom. The van der Waals surface area contributed by atoms with Crippen molar-refractivity contribution in [2.24, 2.45) is 17.8 Å². The van der Waals surface area contributed by atoms with Gasteiger partial charge < -0.3 is 10.6 Å². The summed E-state index contributed by atoms with van der Waals surface area (Å²) in [6.07, 6.45) is 3.97. The third-order valence-electron chi connectivity index (χ3n) is 3.59. The Morgan fingerprint density at radius 3 is 2.53 bits per heavy atom. The van der Waals surface area contributed by atoms with Crippen molar-refractivity contribution in [3.8, 4) is 0 Å². The second-order valence-corrected chi connectivity index (χ2v) is 6.05. The van der Waals surface area contributed by atoms with Gasteiger partial charge in [0.1, 0.15) is 0 Å². The molecule has 100 valence electrons. The van der Waals surface area contributed by atoms with Crippen LogP contribution in [0.15, 0.2) is 0 Å². The van der Waals surface area contributed by atoms with E-state index < -0.39 is 0 Å². The van der Waals surface area contributed by atoms with E-state index in [2.05, 4.69) is 31.4 Å². The summed E-state index contributed by atoms with van der Waals surface area (Å²) in [5, 5.41) is 6.32. The number of rotatable bonds is 6. The van der Waals surface area contributed by atoms with Crippen molar-refractivity contribution in [1.29, 1.82) is 0 Å². The molecule has 3 heteroatoms. The molecule has 17 heavy (non-hydrogen) atoms. The maximum Gasteiger partial charge on any atom is 0.236 e. The second kappa shape index (κ2) is 7.00. The lowest BCUT2D eigenvalue weighted by Crippen LogP contribution is -2.44. The zero-order valence-electron chi connectivity index (χ0n) is 11.8. The topological polar surface area (TPSA) is 41.1 Å². The molecular formula is C14H28N2O. The zero-order chi connectivity index (χ0) is 12.8. The van der Waals surface area contributed by atoms with E-state index in [0.29, 0.717) is 5.92 Å². The fourth-order valence-electron chi connectivity index (χ4n) is 2.40. The van der Waals surface area contributed by atoms with Crippen LogP contribution in [0, 0.1) is 17.8 Å². The van der Waals surface area contributed by atoms with Crippen LogP contribution in [0.5, 0.6) is 0 Å². The SMILES string of the molecule is CC(C)CNC(=O)C(C)NCC1CCC(C)C1. The number of nitrogens with one attached hydrogen (secondary N) is 2. The first kappa shape index (κ1) is 14.5. The van der Waals surface area contributed by atoms with E-state index >= 15 is 0 Å². The van der Waals surface area contributed by atoms with Crippen LogP contribution in [-0.2, 0) is 4.79 Å². The summed E-state index contributed by atoms with van der Waals surface area (Å²) in [7, 11) is 0. The van der Waals surface area contributed by atoms with Crippen LogP contribution < -0.4 is 10.6 Å². The lowest BCUT2D eigenvalue weighted by Gasteiger charge is -2.17. The highest BCUT2D eigenvalue weighted by Crippen LogP contribution is 2.29. The average molecular weight is 240 g/mol. The van der Waals surface area contributed by atoms with E-state index in [1.54, 1.807) is 0 Å². The molecule has 1 amide bonds. The highest BCUT2D eigenvalue weighted by Gasteiger charge is 2.22. The van der Waals surface area contributed by atoms with Crippen molar-refractivity contribution in [3.63, 3.8) is 0 Å². The van der Waals surface area contributed by atoms with Gasteiger partial charge >= 0.3 is 0 Å². The minimum Gasteiger partial charge on any atom is -0.354 e. The van der Waals surface area contributed by atoms with E-state index in [-0.39, 0.29) is 11.9 Å². The number of carbonyl (C=O) groups excluding carboxylic acids is 1. The maximum absolute atomic E-state index is 11.7. The fraction of sp³-hybridized carbons (Fsp3) is 0.929. The van der Waals surface area contributed by atoms with Gasteiger partial charge in [-0.3, -0.25) is 4.79 Å². The lowest BCUT2D eigenvalue weighted by molar-refractivity contribution is -0.122. The molecule has 0 aromatic rings. The highest BCUT2D eigenvalue weighted by atomic mass is 16.2. The molecule has 0 saturated heterocycles. The molecule has 0 aromatic heterocycles. The van der Waals surface area contributed by atoms with Gasteiger partial charge in [-0.05, 0) is 44.1 Å². The third kappa shape index (κ3) is 5.53. The van der Waals surface area contributed by atoms with Crippen molar-refractivity contribution in [1.82, 2.24) is 10.6 Å². The molecule has 0 aromatic carbocycles. The van der Waals surface area contributed by atoms with Gasteiger partial charge in [-0.1, -0.05) is 27.2 Å². The molecule has 2 N–H and O–H groups in total. The Kier molecular flexibility index (Phi) is 5.96. The van der Waals surface area contributed by atoms with Gasteiger partial charge in [0.15, 0.2) is 0 Å². The van der Waals surface area contributed by atoms with Gasteiger partial charge in [0.2, 0.25) is 5.91 Å². The molecule has 0 heterocycles. The van der Waals surface area contributed by atoms with Crippen LogP contribution in [0.2, 0.25) is 0 Å². The van der Waals surface area contributed by atoms with Crippen molar-refractivity contribution < 1.29 is 4.79 Å². The molecule has 1 rings (SSSR count). The van der Waals surface area contributed by atoms with Crippen LogP contribution in [0.25, 0.3) is 0 Å². The van der Waals surface area contributed by atoms with Crippen LogP contribution >= 0.6 is 0 Å². The molecular weight excluding hydrogens is 212 g/mol. The van der Waals surface area contributed by atoms with Gasteiger partial charge in [0, 0.05) is 6.54 Å². The number of hydrogen-bond donors (Lipinski definition) is 2. The van der Waals surface area contributed by atoms with Gasteiger partial charge in [-0.25, -0.2) is 0 Å². The maximum atomic E-state index is 11.7. The Labute approximate surface area is 106 Å². The molecule has 1 aliphatic carbocycles. The van der Waals surface area contributed by atoms with E-state index in [4.69, 9.17) is 0 Å². The summed E-state index contributed by atoms with van der Waals surface area (Å²) in [5.41, 5.74) is 0. The smallest absolute Gasteiger partial charge is 0.236 e. The molecule has 3 unspecified atom stereocenters. The van der Waals surface area contributed by atoms with Gasteiger partial charge in [-0.2, -0.15) is 0 Å². The summed E-state index contributed by atoms with van der Waals surface area (Å²) < 4.78 is 0. The normalized spacial score (nSPS) is 26.2. The molecule has 0 bridgehead atoms. The standard InChI is InChI=1S/C14H28N2O/c1-10(2)8-16-14(17)12(4)15-9-13-6-5-11(3)7-13/h10-13,15H,5-9H2,1-4H3,(H,16,17). The van der Waals surface area contributed by atoms with E-state index in [0.717, 1.165) is 24.9 Å². The fourth-order valence-corrected chi connectivity index (χ4v) is 2.40. The summed E-state index contributed by atoms with van der Waals surface area (Å²) >= 11 is 0. The minimum absolute atomic E-state index is 0.0651. The summed E-state index contributed by atoms with van der Waals surface area (Å²) in [5.74, 6) is 2.28. The Balaban J connectivity index is 2.15. The van der Waals surface area contributed by atoms with Crippen molar-refractivity contribution >= 4 is 5.91 Å². The minimum atomic E-state index is -0.0651. The quantitative estimate of drug-likeness (QED) is 0.747. The first-order valence-corrected chi connectivity index (χ1v) is 7.00. The predicted octanol–water partition coefficient (Wildman–Crippen LogP) is 2.17. The molecule has 1 saturated carbocycles. The first-order valence-electron chi connectivity index (χ1n) is 7.00. The Bertz CT molecular complexity index is 240. The molecule has 1 fully saturated rings. The highest BCUT2D eigenvalue weighted by molar-refractivity contribution is 5.81. The first-order chi connectivity index (χ1) is 7.99. The van der Waals surface area contributed by atoms with E-state index in [9.17, 15) is 4.79 Å². The van der Waals surface area contributed by atoms with Crippen LogP contribution in [-0.4, -0.2) is 25.0 Å². The number of carbonyl (C=O) groups is 1. The van der Waals surface area contributed by atoms with Crippen molar-refractivity contribution in [2.75, 3.05) is 13.1 Å². The number of hydrogen-bond acceptors (Lipinski definition) is 2. The molecule has 0 spiro atoms. The van der Waals surface area contributed by atoms with Gasteiger partial charge in [-0.15, -0.1) is 0 Å². The largest absolute Gasteiger partial charge is 0.354 e. The molecule has 1 aliphatic rings. The van der Waals surface area contributed by atoms with Crippen LogP contribution in [0.4, 0.5) is 0 Å². The summed E-state index contributed by atoms with van der Waals surface area (Å²) in [4.78, 5) is 11.7. The molecule has 0 radical (unpaired) electrons. The van der Waals surface area contributed by atoms with Crippen molar-refractivity contribution in [3.05, 3.63) is 0 Å². The predicted molar refractivity (Wildman–Crippen MR) is 71.8 cm³/mol. The Hall–Kier alpha value is -0.570.